The molecule has 3 rings (SSSR count). The highest BCUT2D eigenvalue weighted by Gasteiger charge is 2.11. The van der Waals surface area contributed by atoms with E-state index >= 15 is 0 Å². The number of hydrogen-bond acceptors (Lipinski definition) is 3. The zero-order valence-corrected chi connectivity index (χ0v) is 13.5. The van der Waals surface area contributed by atoms with Gasteiger partial charge in [0.1, 0.15) is 24.0 Å². The fraction of sp³-hybridized carbons (Fsp3) is 0.167. The van der Waals surface area contributed by atoms with Crippen LogP contribution in [-0.4, -0.2) is 22.0 Å². The molecule has 3 aromatic rings. The van der Waals surface area contributed by atoms with Gasteiger partial charge in [-0.3, -0.25) is 14.2 Å². The van der Waals surface area contributed by atoms with Crippen molar-refractivity contribution in [3.63, 3.8) is 0 Å². The fourth-order valence-electron chi connectivity index (χ4n) is 2.55. The van der Waals surface area contributed by atoms with Gasteiger partial charge in [-0.1, -0.05) is 6.07 Å². The average molecular weight is 361 g/mol. The molecule has 0 fully saturated rings. The minimum Gasteiger partial charge on any atom is -0.354 e. The van der Waals surface area contributed by atoms with E-state index in [0.717, 1.165) is 35.2 Å². The maximum atomic E-state index is 13.5. The van der Waals surface area contributed by atoms with Gasteiger partial charge in [0.15, 0.2) is 0 Å². The molecule has 0 saturated carbocycles. The van der Waals surface area contributed by atoms with E-state index in [-0.39, 0.29) is 36.0 Å². The lowest BCUT2D eigenvalue weighted by Crippen LogP contribution is -2.33. The first kappa shape index (κ1) is 17.7. The lowest BCUT2D eigenvalue weighted by molar-refractivity contribution is -0.121. The Kier molecular flexibility index (Phi) is 5.01. The Morgan fingerprint density at radius 1 is 1.12 bits per heavy atom. The van der Waals surface area contributed by atoms with Crippen molar-refractivity contribution >= 4 is 16.8 Å². The van der Waals surface area contributed by atoms with E-state index in [1.807, 2.05) is 0 Å². The zero-order valence-electron chi connectivity index (χ0n) is 13.5. The standard InChI is InChI=1S/C18H14F3N3O2/c19-11-4-5-13-16(8-11)23-10-24(18(13)26)9-17(25)22-7-6-12-14(20)2-1-3-15(12)21/h1-5,8,10H,6-7,9H2,(H,22,25). The molecule has 5 nitrogen and oxygen atoms in total. The number of amides is 1. The van der Waals surface area contributed by atoms with Gasteiger partial charge >= 0.3 is 0 Å². The summed E-state index contributed by atoms with van der Waals surface area (Å²) < 4.78 is 41.3. The first-order valence-corrected chi connectivity index (χ1v) is 7.80. The maximum Gasteiger partial charge on any atom is 0.261 e. The summed E-state index contributed by atoms with van der Waals surface area (Å²) in [4.78, 5) is 28.2. The summed E-state index contributed by atoms with van der Waals surface area (Å²) in [5.74, 6) is -2.38. The Morgan fingerprint density at radius 2 is 1.85 bits per heavy atom. The number of nitrogens with zero attached hydrogens (tertiary/aromatic N) is 2. The van der Waals surface area contributed by atoms with E-state index in [9.17, 15) is 22.8 Å². The number of carbonyl (C=O) groups excluding carboxylic acids is 1. The second-order valence-corrected chi connectivity index (χ2v) is 5.64. The number of hydrogen-bond donors (Lipinski definition) is 1. The number of fused-ring (bicyclic) bond motifs is 1. The largest absolute Gasteiger partial charge is 0.354 e. The normalized spacial score (nSPS) is 10.9. The monoisotopic (exact) mass is 361 g/mol. The maximum absolute atomic E-state index is 13.5. The van der Waals surface area contributed by atoms with Crippen LogP contribution in [-0.2, 0) is 17.8 Å². The molecule has 26 heavy (non-hydrogen) atoms. The molecule has 0 saturated heterocycles. The van der Waals surface area contributed by atoms with Gasteiger partial charge in [0, 0.05) is 18.2 Å². The van der Waals surface area contributed by atoms with Gasteiger partial charge in [-0.15, -0.1) is 0 Å². The topological polar surface area (TPSA) is 64.0 Å². The third kappa shape index (κ3) is 3.74. The van der Waals surface area contributed by atoms with Crippen LogP contribution in [0.5, 0.6) is 0 Å². The van der Waals surface area contributed by atoms with E-state index in [1.54, 1.807) is 0 Å². The van der Waals surface area contributed by atoms with Gasteiger partial charge in [-0.05, 0) is 30.7 Å². The molecule has 8 heteroatoms. The quantitative estimate of drug-likeness (QED) is 0.758. The Hall–Kier alpha value is -3.16. The van der Waals surface area contributed by atoms with Crippen LogP contribution in [0, 0.1) is 17.5 Å². The molecule has 1 amide bonds. The number of rotatable bonds is 5. The highest BCUT2D eigenvalue weighted by molar-refractivity contribution is 5.79. The van der Waals surface area contributed by atoms with Crippen LogP contribution in [0.4, 0.5) is 13.2 Å². The van der Waals surface area contributed by atoms with Crippen molar-refractivity contribution in [2.24, 2.45) is 0 Å². The van der Waals surface area contributed by atoms with Crippen molar-refractivity contribution in [3.05, 3.63) is 76.1 Å². The summed E-state index contributed by atoms with van der Waals surface area (Å²) in [5, 5.41) is 2.69. The van der Waals surface area contributed by atoms with Crippen molar-refractivity contribution < 1.29 is 18.0 Å². The third-order valence-electron chi connectivity index (χ3n) is 3.86. The molecule has 1 N–H and O–H groups in total. The van der Waals surface area contributed by atoms with Crippen LogP contribution >= 0.6 is 0 Å². The Bertz CT molecular complexity index is 1010. The summed E-state index contributed by atoms with van der Waals surface area (Å²) in [7, 11) is 0. The summed E-state index contributed by atoms with van der Waals surface area (Å²) in [5.41, 5.74) is -0.397. The molecule has 0 aliphatic carbocycles. The van der Waals surface area contributed by atoms with Crippen molar-refractivity contribution in [2.75, 3.05) is 6.54 Å². The second kappa shape index (κ2) is 7.38. The number of aromatic nitrogens is 2. The summed E-state index contributed by atoms with van der Waals surface area (Å²) >= 11 is 0. The predicted molar refractivity (Wildman–Crippen MR) is 89.0 cm³/mol. The molecule has 0 aliphatic heterocycles. The first-order chi connectivity index (χ1) is 12.5. The van der Waals surface area contributed by atoms with Crippen molar-refractivity contribution in [1.82, 2.24) is 14.9 Å². The Balaban J connectivity index is 1.65. The second-order valence-electron chi connectivity index (χ2n) is 5.64. The van der Waals surface area contributed by atoms with Crippen LogP contribution in [0.25, 0.3) is 10.9 Å². The molecule has 1 heterocycles. The van der Waals surface area contributed by atoms with Crippen LogP contribution in [0.15, 0.2) is 47.5 Å². The van der Waals surface area contributed by atoms with Crippen molar-refractivity contribution in [3.8, 4) is 0 Å². The number of carbonyl (C=O) groups is 1. The molecule has 0 spiro atoms. The lowest BCUT2D eigenvalue weighted by Gasteiger charge is -2.09. The van der Waals surface area contributed by atoms with Gasteiger partial charge < -0.3 is 5.32 Å². The summed E-state index contributed by atoms with van der Waals surface area (Å²) in [6.45, 7) is -0.295. The minimum atomic E-state index is -0.679. The van der Waals surface area contributed by atoms with Crippen LogP contribution in [0.3, 0.4) is 0 Å². The third-order valence-corrected chi connectivity index (χ3v) is 3.86. The number of benzene rings is 2. The van der Waals surface area contributed by atoms with Crippen LogP contribution < -0.4 is 10.9 Å². The molecule has 134 valence electrons. The SMILES string of the molecule is O=C(Cn1cnc2cc(F)ccc2c1=O)NCCc1c(F)cccc1F. The average Bonchev–Trinajstić information content (AvgIpc) is 2.60. The first-order valence-electron chi connectivity index (χ1n) is 7.80. The number of halogens is 3. The lowest BCUT2D eigenvalue weighted by atomic mass is 10.1. The van der Waals surface area contributed by atoms with E-state index in [0.29, 0.717) is 0 Å². The Morgan fingerprint density at radius 3 is 2.58 bits per heavy atom. The Labute approximate surface area is 146 Å². The van der Waals surface area contributed by atoms with E-state index in [4.69, 9.17) is 0 Å². The predicted octanol–water partition coefficient (Wildman–Crippen LogP) is 2.17. The molecule has 0 aliphatic rings. The molecule has 2 aromatic carbocycles. The van der Waals surface area contributed by atoms with Crippen molar-refractivity contribution in [2.45, 2.75) is 13.0 Å². The van der Waals surface area contributed by atoms with E-state index < -0.39 is 28.9 Å². The van der Waals surface area contributed by atoms with Crippen LogP contribution in [0.1, 0.15) is 5.56 Å². The highest BCUT2D eigenvalue weighted by atomic mass is 19.1. The molecule has 0 unspecified atom stereocenters. The summed E-state index contributed by atoms with van der Waals surface area (Å²) in [6, 6.07) is 7.11. The van der Waals surface area contributed by atoms with Crippen molar-refractivity contribution in [1.29, 1.82) is 0 Å². The van der Waals surface area contributed by atoms with E-state index in [2.05, 4.69) is 10.3 Å². The van der Waals surface area contributed by atoms with E-state index in [1.165, 1.54) is 12.1 Å². The molecule has 0 atom stereocenters. The zero-order chi connectivity index (χ0) is 18.7. The molecular weight excluding hydrogens is 347 g/mol. The smallest absolute Gasteiger partial charge is 0.261 e. The van der Waals surface area contributed by atoms with Gasteiger partial charge in [-0.25, -0.2) is 18.2 Å². The number of nitrogens with one attached hydrogen (secondary N) is 1. The minimum absolute atomic E-state index is 0.0116. The van der Waals surface area contributed by atoms with Gasteiger partial charge in [0.05, 0.1) is 17.2 Å². The highest BCUT2D eigenvalue weighted by Crippen LogP contribution is 2.12. The van der Waals surface area contributed by atoms with Gasteiger partial charge in [0.2, 0.25) is 5.91 Å². The molecule has 1 aromatic heterocycles. The molecule has 0 radical (unpaired) electrons. The fourth-order valence-corrected chi connectivity index (χ4v) is 2.55. The van der Waals surface area contributed by atoms with Gasteiger partial charge in [0.25, 0.3) is 5.56 Å². The van der Waals surface area contributed by atoms with Gasteiger partial charge in [-0.2, -0.15) is 0 Å². The summed E-state index contributed by atoms with van der Waals surface area (Å²) in [6.07, 6.45) is 1.13. The molecular formula is C18H14F3N3O2. The van der Waals surface area contributed by atoms with Crippen LogP contribution in [0.2, 0.25) is 0 Å². The molecule has 0 bridgehead atoms.